The number of nitrogens with two attached hydrogens (primary N) is 1. The molecule has 5 rings (SSSR count). The monoisotopic (exact) mass is 596 g/mol. The predicted molar refractivity (Wildman–Crippen MR) is 170 cm³/mol. The molecule has 44 heavy (non-hydrogen) atoms. The average molecular weight is 597 g/mol. The maximum absolute atomic E-state index is 14.1. The van der Waals surface area contributed by atoms with Gasteiger partial charge in [-0.1, -0.05) is 66.7 Å². The predicted octanol–water partition coefficient (Wildman–Crippen LogP) is 3.80. The van der Waals surface area contributed by atoms with Gasteiger partial charge < -0.3 is 30.6 Å². The molecule has 1 unspecified atom stereocenters. The van der Waals surface area contributed by atoms with Crippen molar-refractivity contribution < 1.29 is 19.1 Å². The summed E-state index contributed by atoms with van der Waals surface area (Å²) < 4.78 is 7.55. The lowest BCUT2D eigenvalue weighted by Gasteiger charge is -2.34. The van der Waals surface area contributed by atoms with Gasteiger partial charge in [0.2, 0.25) is 5.91 Å². The third kappa shape index (κ3) is 6.82. The van der Waals surface area contributed by atoms with Crippen LogP contribution in [0.4, 0.5) is 5.82 Å². The van der Waals surface area contributed by atoms with E-state index in [9.17, 15) is 14.4 Å². The molecule has 3 amide bonds. The van der Waals surface area contributed by atoms with E-state index in [-0.39, 0.29) is 24.9 Å². The zero-order chi connectivity index (χ0) is 31.3. The molecule has 10 heteroatoms. The third-order valence-corrected chi connectivity index (χ3v) is 8.07. The molecule has 1 fully saturated rings. The van der Waals surface area contributed by atoms with Gasteiger partial charge in [-0.25, -0.2) is 4.98 Å². The van der Waals surface area contributed by atoms with Gasteiger partial charge in [-0.05, 0) is 61.6 Å². The standard InChI is InChI=1S/C34H40N6O4/c1-33(2,35)31(42)37-28(22-44-21-24-11-5-4-6-12-24)30(41)38-29-20-40(23-36-29)34(3,32(43)39-17-9-10-18-39)27-16-15-25-13-7-8-14-26(25)19-27/h4-8,11-16,19-20,23,28H,9-10,17-18,21-22,35H2,1-3H3,(H,37,42)(H,38,41)/t28-,34?/m1/s1. The lowest BCUT2D eigenvalue weighted by molar-refractivity contribution is -0.137. The van der Waals surface area contributed by atoms with Crippen LogP contribution in [0.1, 0.15) is 44.7 Å². The van der Waals surface area contributed by atoms with Crippen LogP contribution in [0, 0.1) is 0 Å². The number of hydrogen-bond donors (Lipinski definition) is 3. The highest BCUT2D eigenvalue weighted by molar-refractivity contribution is 5.98. The minimum atomic E-state index is -1.20. The van der Waals surface area contributed by atoms with Crippen molar-refractivity contribution in [1.29, 1.82) is 0 Å². The lowest BCUT2D eigenvalue weighted by atomic mass is 9.88. The summed E-state index contributed by atoms with van der Waals surface area (Å²) in [6.07, 6.45) is 5.13. The summed E-state index contributed by atoms with van der Waals surface area (Å²) in [5.74, 6) is -0.804. The van der Waals surface area contributed by atoms with E-state index >= 15 is 0 Å². The number of carbonyl (C=O) groups is 3. The van der Waals surface area contributed by atoms with Gasteiger partial charge in [0.15, 0.2) is 5.82 Å². The zero-order valence-electron chi connectivity index (χ0n) is 25.5. The Balaban J connectivity index is 1.39. The smallest absolute Gasteiger partial charge is 0.253 e. The highest BCUT2D eigenvalue weighted by atomic mass is 16.5. The van der Waals surface area contributed by atoms with Crippen molar-refractivity contribution in [1.82, 2.24) is 19.8 Å². The number of ether oxygens (including phenoxy) is 1. The van der Waals surface area contributed by atoms with Crippen molar-refractivity contribution in [3.05, 3.63) is 96.4 Å². The molecule has 1 aliphatic heterocycles. The Morgan fingerprint density at radius 2 is 1.64 bits per heavy atom. The van der Waals surface area contributed by atoms with Crippen molar-refractivity contribution in [3.8, 4) is 0 Å². The number of nitrogens with one attached hydrogen (secondary N) is 2. The fourth-order valence-electron chi connectivity index (χ4n) is 5.34. The van der Waals surface area contributed by atoms with E-state index in [0.29, 0.717) is 13.1 Å². The van der Waals surface area contributed by atoms with Crippen molar-refractivity contribution in [2.24, 2.45) is 5.73 Å². The van der Waals surface area contributed by atoms with Gasteiger partial charge in [-0.3, -0.25) is 14.4 Å². The molecule has 4 aromatic rings. The molecule has 1 aromatic heterocycles. The zero-order valence-corrected chi connectivity index (χ0v) is 25.5. The minimum absolute atomic E-state index is 0.0369. The molecule has 1 aliphatic rings. The van der Waals surface area contributed by atoms with E-state index in [0.717, 1.165) is 34.7 Å². The van der Waals surface area contributed by atoms with Crippen LogP contribution in [-0.2, 0) is 31.3 Å². The molecule has 0 saturated carbocycles. The highest BCUT2D eigenvalue weighted by Crippen LogP contribution is 2.33. The van der Waals surface area contributed by atoms with Crippen LogP contribution < -0.4 is 16.4 Å². The Kier molecular flexibility index (Phi) is 9.12. The summed E-state index contributed by atoms with van der Waals surface area (Å²) in [6, 6.07) is 22.5. The Hall–Kier alpha value is -4.54. The topological polar surface area (TPSA) is 132 Å². The first kappa shape index (κ1) is 30.9. The van der Waals surface area contributed by atoms with Gasteiger partial charge in [-0.15, -0.1) is 0 Å². The quantitative estimate of drug-likeness (QED) is 0.241. The van der Waals surface area contributed by atoms with Gasteiger partial charge in [-0.2, -0.15) is 0 Å². The van der Waals surface area contributed by atoms with E-state index in [1.807, 2.05) is 84.6 Å². The molecule has 10 nitrogen and oxygen atoms in total. The van der Waals surface area contributed by atoms with Crippen LogP contribution >= 0.6 is 0 Å². The number of aromatic nitrogens is 2. The molecule has 0 aliphatic carbocycles. The van der Waals surface area contributed by atoms with Crippen molar-refractivity contribution in [3.63, 3.8) is 0 Å². The number of hydrogen-bond acceptors (Lipinski definition) is 6. The summed E-state index contributed by atoms with van der Waals surface area (Å²) in [6.45, 7) is 6.60. The summed E-state index contributed by atoms with van der Waals surface area (Å²) >= 11 is 0. The Morgan fingerprint density at radius 1 is 0.955 bits per heavy atom. The van der Waals surface area contributed by atoms with Crippen molar-refractivity contribution >= 4 is 34.3 Å². The summed E-state index contributed by atoms with van der Waals surface area (Å²) in [5, 5.41) is 7.60. The number of carbonyl (C=O) groups excluding carboxylic acids is 3. The Morgan fingerprint density at radius 3 is 2.34 bits per heavy atom. The molecule has 230 valence electrons. The Labute approximate surface area is 257 Å². The number of imidazole rings is 1. The average Bonchev–Trinajstić information content (AvgIpc) is 3.73. The number of rotatable bonds is 11. The highest BCUT2D eigenvalue weighted by Gasteiger charge is 2.41. The van der Waals surface area contributed by atoms with Crippen LogP contribution in [-0.4, -0.2) is 63.4 Å². The number of amides is 3. The number of benzene rings is 3. The molecular formula is C34H40N6O4. The van der Waals surface area contributed by atoms with Crippen LogP contribution in [0.15, 0.2) is 85.3 Å². The van der Waals surface area contributed by atoms with E-state index in [1.165, 1.54) is 0 Å². The third-order valence-electron chi connectivity index (χ3n) is 8.07. The molecular weight excluding hydrogens is 556 g/mol. The number of anilines is 1. The number of nitrogens with zero attached hydrogens (tertiary/aromatic N) is 3. The number of fused-ring (bicyclic) bond motifs is 1. The maximum Gasteiger partial charge on any atom is 0.253 e. The molecule has 3 aromatic carbocycles. The molecule has 2 atom stereocenters. The molecule has 0 bridgehead atoms. The lowest BCUT2D eigenvalue weighted by Crippen LogP contribution is -2.56. The molecule has 4 N–H and O–H groups in total. The summed E-state index contributed by atoms with van der Waals surface area (Å²) in [5.41, 5.74) is 5.43. The van der Waals surface area contributed by atoms with Gasteiger partial charge in [0.25, 0.3) is 11.8 Å². The van der Waals surface area contributed by atoms with Gasteiger partial charge >= 0.3 is 0 Å². The second kappa shape index (κ2) is 13.0. The summed E-state index contributed by atoms with van der Waals surface area (Å²) in [7, 11) is 0. The van der Waals surface area contributed by atoms with E-state index in [2.05, 4.69) is 15.6 Å². The largest absolute Gasteiger partial charge is 0.374 e. The van der Waals surface area contributed by atoms with Gasteiger partial charge in [0, 0.05) is 19.3 Å². The first-order valence-corrected chi connectivity index (χ1v) is 14.9. The van der Waals surface area contributed by atoms with Crippen molar-refractivity contribution in [2.45, 2.75) is 57.3 Å². The van der Waals surface area contributed by atoms with Gasteiger partial charge in [0.05, 0.1) is 25.1 Å². The van der Waals surface area contributed by atoms with Crippen LogP contribution in [0.2, 0.25) is 0 Å². The SMILES string of the molecule is CC(C)(N)C(=O)N[C@H](COCc1ccccc1)C(=O)Nc1cn(C(C)(C(=O)N2CCCC2)c2ccc3ccccc3c2)cn1. The molecule has 2 heterocycles. The van der Waals surface area contributed by atoms with E-state index < -0.39 is 28.9 Å². The maximum atomic E-state index is 14.1. The first-order valence-electron chi connectivity index (χ1n) is 14.9. The van der Waals surface area contributed by atoms with Crippen LogP contribution in [0.5, 0.6) is 0 Å². The molecule has 0 spiro atoms. The normalized spacial score (nSPS) is 15.5. The first-order chi connectivity index (χ1) is 21.1. The number of likely N-dealkylation sites (tertiary alicyclic amines) is 1. The van der Waals surface area contributed by atoms with E-state index in [4.69, 9.17) is 10.5 Å². The molecule has 1 saturated heterocycles. The minimum Gasteiger partial charge on any atom is -0.374 e. The Bertz CT molecular complexity index is 1620. The summed E-state index contributed by atoms with van der Waals surface area (Å²) in [4.78, 5) is 46.6. The van der Waals surface area contributed by atoms with Gasteiger partial charge in [0.1, 0.15) is 11.6 Å². The van der Waals surface area contributed by atoms with E-state index in [1.54, 1.807) is 30.9 Å². The van der Waals surface area contributed by atoms with Crippen LogP contribution in [0.3, 0.4) is 0 Å². The van der Waals surface area contributed by atoms with Crippen LogP contribution in [0.25, 0.3) is 10.8 Å². The fourth-order valence-corrected chi connectivity index (χ4v) is 5.34. The second-order valence-corrected chi connectivity index (χ2v) is 12.0. The molecule has 0 radical (unpaired) electrons. The van der Waals surface area contributed by atoms with Crippen molar-refractivity contribution in [2.75, 3.05) is 25.0 Å². The second-order valence-electron chi connectivity index (χ2n) is 12.0. The fraction of sp³-hybridized carbons (Fsp3) is 0.353.